The molecule has 0 unspecified atom stereocenters. The third kappa shape index (κ3) is 3.28. The summed E-state index contributed by atoms with van der Waals surface area (Å²) >= 11 is 0. The third-order valence-electron chi connectivity index (χ3n) is 4.04. The van der Waals surface area contributed by atoms with Crippen molar-refractivity contribution in [2.75, 3.05) is 13.2 Å². The Labute approximate surface area is 142 Å². The van der Waals surface area contributed by atoms with E-state index in [1.807, 2.05) is 6.92 Å². The number of benzene rings is 1. The monoisotopic (exact) mass is 390 g/mol. The van der Waals surface area contributed by atoms with Crippen molar-refractivity contribution in [2.24, 2.45) is 0 Å². The fraction of sp³-hybridized carbons (Fsp3) is 0.600. The highest BCUT2D eigenvalue weighted by atomic mass is 19.4. The minimum atomic E-state index is -5.80. The minimum Gasteiger partial charge on any atom is -0.320 e. The number of hydrogen-bond donors (Lipinski definition) is 0. The van der Waals surface area contributed by atoms with E-state index in [4.69, 9.17) is 14.2 Å². The lowest BCUT2D eigenvalue weighted by Gasteiger charge is -2.25. The molecule has 146 valence electrons. The van der Waals surface area contributed by atoms with Crippen LogP contribution in [-0.4, -0.2) is 25.2 Å². The number of halogens is 7. The Morgan fingerprint density at radius 1 is 1.04 bits per heavy atom. The maximum Gasteiger partial charge on any atom is 0.527 e. The summed E-state index contributed by atoms with van der Waals surface area (Å²) in [7, 11) is 0. The number of alkyl halides is 5. The lowest BCUT2D eigenvalue weighted by atomic mass is 10.0. The fourth-order valence-corrected chi connectivity index (χ4v) is 3.04. The van der Waals surface area contributed by atoms with Gasteiger partial charge in [-0.1, -0.05) is 13.3 Å². The number of fused-ring (bicyclic) bond motifs is 2. The van der Waals surface area contributed by atoms with Crippen molar-refractivity contribution in [1.82, 2.24) is 0 Å². The van der Waals surface area contributed by atoms with Crippen LogP contribution in [0.5, 0.6) is 0 Å². The molecule has 2 aliphatic heterocycles. The smallest absolute Gasteiger partial charge is 0.320 e. The van der Waals surface area contributed by atoms with Crippen LogP contribution in [0.25, 0.3) is 0 Å². The molecule has 26 heavy (non-hydrogen) atoms. The molecule has 0 amide bonds. The van der Waals surface area contributed by atoms with Gasteiger partial charge in [-0.2, -0.15) is 8.78 Å². The van der Waals surface area contributed by atoms with Crippen molar-refractivity contribution < 1.29 is 49.7 Å². The Kier molecular flexibility index (Phi) is 4.49. The summed E-state index contributed by atoms with van der Waals surface area (Å²) in [5.74, 6) is -5.91. The lowest BCUT2D eigenvalue weighted by Crippen LogP contribution is -2.35. The number of hydrogen-bond acceptors (Lipinski definition) is 4. The van der Waals surface area contributed by atoms with Crippen LogP contribution < -0.4 is 0 Å². The van der Waals surface area contributed by atoms with E-state index >= 15 is 0 Å². The van der Waals surface area contributed by atoms with Gasteiger partial charge in [0.15, 0.2) is 0 Å². The topological polar surface area (TPSA) is 36.9 Å². The Balaban J connectivity index is 1.94. The molecule has 2 bridgehead atoms. The molecule has 0 aliphatic carbocycles. The highest BCUT2D eigenvalue weighted by Crippen LogP contribution is 2.49. The Morgan fingerprint density at radius 3 is 2.04 bits per heavy atom. The molecule has 0 N–H and O–H groups in total. The van der Waals surface area contributed by atoms with Gasteiger partial charge in [-0.3, -0.25) is 0 Å². The molecule has 0 atom stereocenters. The van der Waals surface area contributed by atoms with Crippen molar-refractivity contribution in [3.8, 4) is 0 Å². The molecule has 2 saturated heterocycles. The van der Waals surface area contributed by atoms with Gasteiger partial charge in [0.05, 0.1) is 13.2 Å². The molecule has 0 spiro atoms. The van der Waals surface area contributed by atoms with E-state index in [-0.39, 0.29) is 13.2 Å². The molecule has 0 radical (unpaired) electrons. The van der Waals surface area contributed by atoms with Crippen LogP contribution in [0.3, 0.4) is 0 Å². The first-order chi connectivity index (χ1) is 11.9. The molecule has 1 aromatic rings. The second-order valence-electron chi connectivity index (χ2n) is 6.05. The van der Waals surface area contributed by atoms with E-state index in [1.165, 1.54) is 0 Å². The van der Waals surface area contributed by atoms with E-state index in [1.54, 1.807) is 0 Å². The van der Waals surface area contributed by atoms with Crippen LogP contribution in [0.4, 0.5) is 30.7 Å². The average molecular weight is 390 g/mol. The van der Waals surface area contributed by atoms with Gasteiger partial charge < -0.3 is 14.2 Å². The SMILES string of the molecule is CCCC12COC(c3cc(F)c(C(F)(F)OC(F)(F)F)c(F)c3)(OC1)O2. The van der Waals surface area contributed by atoms with Gasteiger partial charge in [0.25, 0.3) is 0 Å². The molecule has 1 aromatic carbocycles. The first-order valence-corrected chi connectivity index (χ1v) is 7.55. The summed E-state index contributed by atoms with van der Waals surface area (Å²) in [6, 6.07) is 0.749. The standard InChI is InChI=1S/C15H13F7O4/c1-2-3-12-6-23-14(25-12,24-7-12)8-4-9(16)11(10(17)5-8)13(18,19)26-15(20,21)22/h4-5H,2-3,6-7H2,1H3. The molecule has 11 heteroatoms. The summed E-state index contributed by atoms with van der Waals surface area (Å²) in [6.07, 6.45) is -9.84. The normalized spacial score (nSPS) is 28.8. The predicted octanol–water partition coefficient (Wildman–Crippen LogP) is 4.28. The molecule has 0 aromatic heterocycles. The van der Waals surface area contributed by atoms with E-state index in [9.17, 15) is 30.7 Å². The van der Waals surface area contributed by atoms with E-state index in [0.717, 1.165) is 0 Å². The van der Waals surface area contributed by atoms with Crippen molar-refractivity contribution in [3.05, 3.63) is 34.9 Å². The van der Waals surface area contributed by atoms with Gasteiger partial charge in [0.2, 0.25) is 0 Å². The van der Waals surface area contributed by atoms with Gasteiger partial charge >= 0.3 is 18.4 Å². The van der Waals surface area contributed by atoms with Gasteiger partial charge in [0.1, 0.15) is 22.8 Å². The zero-order valence-electron chi connectivity index (χ0n) is 13.3. The van der Waals surface area contributed by atoms with Crippen LogP contribution in [0.1, 0.15) is 30.9 Å². The molecule has 2 heterocycles. The van der Waals surface area contributed by atoms with E-state index in [0.29, 0.717) is 25.0 Å². The molecule has 2 aliphatic rings. The maximum atomic E-state index is 14.1. The van der Waals surface area contributed by atoms with Gasteiger partial charge in [-0.15, -0.1) is 13.2 Å². The van der Waals surface area contributed by atoms with Crippen LogP contribution in [0, 0.1) is 11.6 Å². The third-order valence-corrected chi connectivity index (χ3v) is 4.04. The van der Waals surface area contributed by atoms with E-state index in [2.05, 4.69) is 4.74 Å². The molecule has 3 rings (SSSR count). The zero-order chi connectivity index (χ0) is 19.4. The summed E-state index contributed by atoms with van der Waals surface area (Å²) < 4.78 is 110. The quantitative estimate of drug-likeness (QED) is 0.704. The zero-order valence-corrected chi connectivity index (χ0v) is 13.3. The second kappa shape index (κ2) is 6.04. The highest BCUT2D eigenvalue weighted by Gasteiger charge is 2.60. The van der Waals surface area contributed by atoms with Gasteiger partial charge in [0, 0.05) is 5.56 Å². The first-order valence-electron chi connectivity index (χ1n) is 7.55. The molecule has 2 fully saturated rings. The largest absolute Gasteiger partial charge is 0.527 e. The number of ether oxygens (including phenoxy) is 4. The Bertz CT molecular complexity index is 673. The Morgan fingerprint density at radius 2 is 1.58 bits per heavy atom. The van der Waals surface area contributed by atoms with Crippen molar-refractivity contribution in [3.63, 3.8) is 0 Å². The fourth-order valence-electron chi connectivity index (χ4n) is 3.04. The van der Waals surface area contributed by atoms with Crippen LogP contribution >= 0.6 is 0 Å². The number of rotatable bonds is 5. The van der Waals surface area contributed by atoms with Crippen molar-refractivity contribution >= 4 is 0 Å². The minimum absolute atomic E-state index is 0.0547. The summed E-state index contributed by atoms with van der Waals surface area (Å²) in [4.78, 5) is 0. The van der Waals surface area contributed by atoms with Crippen LogP contribution in [-0.2, 0) is 31.0 Å². The summed E-state index contributed by atoms with van der Waals surface area (Å²) in [5.41, 5.74) is -3.43. The molecule has 0 saturated carbocycles. The average Bonchev–Trinajstić information content (AvgIpc) is 3.01. The van der Waals surface area contributed by atoms with Crippen molar-refractivity contribution in [2.45, 2.75) is 43.8 Å². The van der Waals surface area contributed by atoms with Gasteiger partial charge in [-0.25, -0.2) is 13.5 Å². The molecular formula is C15H13F7O4. The second-order valence-corrected chi connectivity index (χ2v) is 6.05. The van der Waals surface area contributed by atoms with Gasteiger partial charge in [-0.05, 0) is 18.6 Å². The molecular weight excluding hydrogens is 377 g/mol. The van der Waals surface area contributed by atoms with Crippen LogP contribution in [0.2, 0.25) is 0 Å². The summed E-state index contributed by atoms with van der Waals surface area (Å²) in [6.45, 7) is 1.98. The first kappa shape index (κ1) is 19.3. The highest BCUT2D eigenvalue weighted by molar-refractivity contribution is 5.31. The predicted molar refractivity (Wildman–Crippen MR) is 69.7 cm³/mol. The van der Waals surface area contributed by atoms with E-state index < -0.39 is 46.8 Å². The van der Waals surface area contributed by atoms with Crippen molar-refractivity contribution in [1.29, 1.82) is 0 Å². The lowest BCUT2D eigenvalue weighted by molar-refractivity contribution is -0.432. The Hall–Kier alpha value is -1.43. The van der Waals surface area contributed by atoms with Crippen LogP contribution in [0.15, 0.2) is 12.1 Å². The molecule has 4 nitrogen and oxygen atoms in total. The maximum absolute atomic E-state index is 14.1. The summed E-state index contributed by atoms with van der Waals surface area (Å²) in [5, 5.41) is 0.